The summed E-state index contributed by atoms with van der Waals surface area (Å²) in [4.78, 5) is 16.9. The van der Waals surface area contributed by atoms with Gasteiger partial charge in [0, 0.05) is 38.4 Å². The Morgan fingerprint density at radius 3 is 2.43 bits per heavy atom. The highest BCUT2D eigenvalue weighted by atomic mass is 16.3. The predicted molar refractivity (Wildman–Crippen MR) is 82.5 cm³/mol. The molecule has 1 unspecified atom stereocenters. The summed E-state index contributed by atoms with van der Waals surface area (Å²) < 4.78 is 0. The lowest BCUT2D eigenvalue weighted by Crippen LogP contribution is -2.53. The Kier molecular flexibility index (Phi) is 3.76. The largest absolute Gasteiger partial charge is 0.508 e. The second-order valence-electron chi connectivity index (χ2n) is 6.28. The second kappa shape index (κ2) is 5.56. The summed E-state index contributed by atoms with van der Waals surface area (Å²) in [5.41, 5.74) is 0.884. The number of carbonyl (C=O) groups excluding carboxylic acids is 1. The maximum atomic E-state index is 12.6. The van der Waals surface area contributed by atoms with E-state index in [0.717, 1.165) is 51.4 Å². The van der Waals surface area contributed by atoms with Gasteiger partial charge < -0.3 is 20.2 Å². The van der Waals surface area contributed by atoms with Crippen LogP contribution >= 0.6 is 0 Å². The number of benzene rings is 1. The maximum Gasteiger partial charge on any atom is 0.229 e. The van der Waals surface area contributed by atoms with E-state index in [-0.39, 0.29) is 17.1 Å². The van der Waals surface area contributed by atoms with Gasteiger partial charge in [-0.25, -0.2) is 0 Å². The summed E-state index contributed by atoms with van der Waals surface area (Å²) in [6.45, 7) is 7.05. The molecule has 21 heavy (non-hydrogen) atoms. The number of carbonyl (C=O) groups is 1. The Labute approximate surface area is 125 Å². The lowest BCUT2D eigenvalue weighted by molar-refractivity contribution is -0.140. The molecule has 1 aromatic carbocycles. The van der Waals surface area contributed by atoms with Crippen LogP contribution in [0.4, 0.5) is 5.69 Å². The molecule has 0 saturated carbocycles. The standard InChI is InChI=1S/C16H23N3O2/c1-16(6-7-17-12-16)15(21)19-10-8-18(9-11-19)13-2-4-14(20)5-3-13/h2-5,17,20H,6-12H2,1H3. The lowest BCUT2D eigenvalue weighted by atomic mass is 9.88. The fourth-order valence-electron chi connectivity index (χ4n) is 3.21. The van der Waals surface area contributed by atoms with Crippen LogP contribution in [0.2, 0.25) is 0 Å². The van der Waals surface area contributed by atoms with Crippen molar-refractivity contribution in [3.05, 3.63) is 24.3 Å². The van der Waals surface area contributed by atoms with Gasteiger partial charge in [-0.05, 0) is 44.2 Å². The fraction of sp³-hybridized carbons (Fsp3) is 0.562. The van der Waals surface area contributed by atoms with Gasteiger partial charge in [-0.3, -0.25) is 4.79 Å². The average Bonchev–Trinajstić information content (AvgIpc) is 2.96. The van der Waals surface area contributed by atoms with Gasteiger partial charge in [0.15, 0.2) is 0 Å². The van der Waals surface area contributed by atoms with Gasteiger partial charge in [0.1, 0.15) is 5.75 Å². The van der Waals surface area contributed by atoms with E-state index in [9.17, 15) is 9.90 Å². The predicted octanol–water partition coefficient (Wildman–Crippen LogP) is 1.04. The van der Waals surface area contributed by atoms with Gasteiger partial charge in [-0.15, -0.1) is 0 Å². The lowest BCUT2D eigenvalue weighted by Gasteiger charge is -2.39. The molecule has 2 N–H and O–H groups in total. The smallest absolute Gasteiger partial charge is 0.229 e. The topological polar surface area (TPSA) is 55.8 Å². The van der Waals surface area contributed by atoms with Gasteiger partial charge in [-0.1, -0.05) is 0 Å². The summed E-state index contributed by atoms with van der Waals surface area (Å²) in [5, 5.41) is 12.6. The number of nitrogens with one attached hydrogen (secondary N) is 1. The quantitative estimate of drug-likeness (QED) is 0.854. The van der Waals surface area contributed by atoms with Crippen molar-refractivity contribution in [2.45, 2.75) is 13.3 Å². The van der Waals surface area contributed by atoms with Crippen LogP contribution in [-0.2, 0) is 4.79 Å². The van der Waals surface area contributed by atoms with Gasteiger partial charge in [0.25, 0.3) is 0 Å². The molecule has 0 bridgehead atoms. The molecular weight excluding hydrogens is 266 g/mol. The highest BCUT2D eigenvalue weighted by molar-refractivity contribution is 5.83. The van der Waals surface area contributed by atoms with E-state index in [0.29, 0.717) is 0 Å². The van der Waals surface area contributed by atoms with Crippen molar-refractivity contribution in [1.29, 1.82) is 0 Å². The Bertz CT molecular complexity index is 501. The highest BCUT2D eigenvalue weighted by Gasteiger charge is 2.39. The summed E-state index contributed by atoms with van der Waals surface area (Å²) in [7, 11) is 0. The van der Waals surface area contributed by atoms with Crippen LogP contribution in [0.3, 0.4) is 0 Å². The van der Waals surface area contributed by atoms with E-state index in [1.807, 2.05) is 17.0 Å². The van der Waals surface area contributed by atoms with Crippen LogP contribution in [0.25, 0.3) is 0 Å². The third-order valence-electron chi connectivity index (χ3n) is 4.67. The van der Waals surface area contributed by atoms with Crippen molar-refractivity contribution in [3.8, 4) is 5.75 Å². The summed E-state index contributed by atoms with van der Waals surface area (Å²) in [6, 6.07) is 7.26. The molecule has 2 saturated heterocycles. The first kappa shape index (κ1) is 14.2. The molecule has 5 heteroatoms. The Balaban J connectivity index is 1.60. The van der Waals surface area contributed by atoms with Gasteiger partial charge in [0.05, 0.1) is 5.41 Å². The molecule has 114 valence electrons. The summed E-state index contributed by atoms with van der Waals surface area (Å²) in [5.74, 6) is 0.576. The molecule has 2 fully saturated rings. The van der Waals surface area contributed by atoms with Gasteiger partial charge >= 0.3 is 0 Å². The molecule has 1 aromatic rings. The molecule has 0 spiro atoms. The van der Waals surface area contributed by atoms with E-state index in [1.165, 1.54) is 0 Å². The van der Waals surface area contributed by atoms with E-state index in [1.54, 1.807) is 12.1 Å². The summed E-state index contributed by atoms with van der Waals surface area (Å²) >= 11 is 0. The number of nitrogens with zero attached hydrogens (tertiary/aromatic N) is 2. The molecule has 0 aromatic heterocycles. The van der Waals surface area contributed by atoms with E-state index < -0.39 is 0 Å². The molecule has 0 radical (unpaired) electrons. The molecule has 2 aliphatic heterocycles. The van der Waals surface area contributed by atoms with Crippen LogP contribution in [0.15, 0.2) is 24.3 Å². The van der Waals surface area contributed by atoms with Crippen molar-refractivity contribution >= 4 is 11.6 Å². The number of hydrogen-bond donors (Lipinski definition) is 2. The Morgan fingerprint density at radius 2 is 1.86 bits per heavy atom. The van der Waals surface area contributed by atoms with Gasteiger partial charge in [-0.2, -0.15) is 0 Å². The number of phenolic OH excluding ortho intramolecular Hbond substituents is 1. The zero-order chi connectivity index (χ0) is 14.9. The number of phenols is 1. The maximum absolute atomic E-state index is 12.6. The first-order valence-electron chi connectivity index (χ1n) is 7.63. The number of hydrogen-bond acceptors (Lipinski definition) is 4. The number of piperazine rings is 1. The normalized spacial score (nSPS) is 26.1. The third kappa shape index (κ3) is 2.83. The molecule has 2 heterocycles. The summed E-state index contributed by atoms with van der Waals surface area (Å²) in [6.07, 6.45) is 0.935. The molecular formula is C16H23N3O2. The Hall–Kier alpha value is -1.75. The zero-order valence-corrected chi connectivity index (χ0v) is 12.5. The Morgan fingerprint density at radius 1 is 1.19 bits per heavy atom. The van der Waals surface area contributed by atoms with Crippen LogP contribution in [0.5, 0.6) is 5.75 Å². The third-order valence-corrected chi connectivity index (χ3v) is 4.67. The number of anilines is 1. The minimum Gasteiger partial charge on any atom is -0.508 e. The highest BCUT2D eigenvalue weighted by Crippen LogP contribution is 2.28. The SMILES string of the molecule is CC1(C(=O)N2CCN(c3ccc(O)cc3)CC2)CCNC1. The zero-order valence-electron chi connectivity index (χ0n) is 12.5. The minimum atomic E-state index is -0.222. The molecule has 1 amide bonds. The van der Waals surface area contributed by atoms with Crippen LogP contribution in [0, 0.1) is 5.41 Å². The van der Waals surface area contributed by atoms with Crippen LogP contribution in [-0.4, -0.2) is 55.2 Å². The number of rotatable bonds is 2. The van der Waals surface area contributed by atoms with Crippen molar-refractivity contribution in [2.24, 2.45) is 5.41 Å². The molecule has 5 nitrogen and oxygen atoms in total. The molecule has 3 rings (SSSR count). The first-order valence-corrected chi connectivity index (χ1v) is 7.63. The van der Waals surface area contributed by atoms with Crippen molar-refractivity contribution in [2.75, 3.05) is 44.2 Å². The molecule has 2 aliphatic rings. The molecule has 1 atom stereocenters. The minimum absolute atomic E-state index is 0.222. The van der Waals surface area contributed by atoms with Crippen molar-refractivity contribution in [1.82, 2.24) is 10.2 Å². The van der Waals surface area contributed by atoms with Crippen LogP contribution < -0.4 is 10.2 Å². The number of aromatic hydroxyl groups is 1. The average molecular weight is 289 g/mol. The van der Waals surface area contributed by atoms with Crippen molar-refractivity contribution < 1.29 is 9.90 Å². The molecule has 0 aliphatic carbocycles. The fourth-order valence-corrected chi connectivity index (χ4v) is 3.21. The van der Waals surface area contributed by atoms with E-state index in [2.05, 4.69) is 17.1 Å². The first-order chi connectivity index (χ1) is 10.1. The van der Waals surface area contributed by atoms with E-state index >= 15 is 0 Å². The van der Waals surface area contributed by atoms with E-state index in [4.69, 9.17) is 0 Å². The monoisotopic (exact) mass is 289 g/mol. The second-order valence-corrected chi connectivity index (χ2v) is 6.28. The van der Waals surface area contributed by atoms with Crippen molar-refractivity contribution in [3.63, 3.8) is 0 Å². The number of amides is 1. The van der Waals surface area contributed by atoms with Crippen LogP contribution in [0.1, 0.15) is 13.3 Å². The van der Waals surface area contributed by atoms with Gasteiger partial charge in [0.2, 0.25) is 5.91 Å².